The van der Waals surface area contributed by atoms with Gasteiger partial charge in [-0.05, 0) is 17.9 Å². The fraction of sp³-hybridized carbons (Fsp3) is 0.538. The van der Waals surface area contributed by atoms with E-state index in [0.29, 0.717) is 24.7 Å². The summed E-state index contributed by atoms with van der Waals surface area (Å²) in [5.41, 5.74) is 5.94. The van der Waals surface area contributed by atoms with Crippen LogP contribution in [0.5, 0.6) is 0 Å². The largest absolute Gasteiger partial charge is 0.478 e. The Bertz CT molecular complexity index is 447. The highest BCUT2D eigenvalue weighted by atomic mass is 16.5. The van der Waals surface area contributed by atoms with Crippen molar-refractivity contribution in [3.63, 3.8) is 0 Å². The molecule has 0 aliphatic carbocycles. The van der Waals surface area contributed by atoms with Gasteiger partial charge in [-0.1, -0.05) is 13.8 Å². The zero-order valence-electron chi connectivity index (χ0n) is 11.6. The number of nitrogen functional groups attached to an aromatic ring is 1. The van der Waals surface area contributed by atoms with E-state index in [2.05, 4.69) is 24.1 Å². The van der Waals surface area contributed by atoms with E-state index in [4.69, 9.17) is 15.6 Å². The summed E-state index contributed by atoms with van der Waals surface area (Å²) in [7, 11) is 1.66. The number of nitrogens with two attached hydrogens (primary N) is 1. The van der Waals surface area contributed by atoms with E-state index in [-0.39, 0.29) is 11.0 Å². The highest BCUT2D eigenvalue weighted by Gasteiger charge is 2.19. The van der Waals surface area contributed by atoms with Gasteiger partial charge in [-0.15, -0.1) is 0 Å². The zero-order valence-corrected chi connectivity index (χ0v) is 11.6. The van der Waals surface area contributed by atoms with Gasteiger partial charge >= 0.3 is 5.97 Å². The summed E-state index contributed by atoms with van der Waals surface area (Å²) in [5, 5.41) is 12.2. The molecule has 0 saturated carbocycles. The van der Waals surface area contributed by atoms with Gasteiger partial charge in [0.25, 0.3) is 0 Å². The van der Waals surface area contributed by atoms with E-state index < -0.39 is 5.97 Å². The van der Waals surface area contributed by atoms with Gasteiger partial charge < -0.3 is 20.9 Å². The maximum atomic E-state index is 11.1. The summed E-state index contributed by atoms with van der Waals surface area (Å²) < 4.78 is 5.05. The molecule has 6 heteroatoms. The van der Waals surface area contributed by atoms with Gasteiger partial charge in [-0.25, -0.2) is 9.78 Å². The third-order valence-electron chi connectivity index (χ3n) is 2.86. The standard InChI is InChI=1S/C13H21N3O3/c1-13(2,4-5-19-3)8-16-11-10(12(17)18)6-9(14)7-15-11/h6-7H,4-5,8,14H2,1-3H3,(H,15,16)(H,17,18). The Labute approximate surface area is 113 Å². The van der Waals surface area contributed by atoms with Gasteiger partial charge in [0.1, 0.15) is 11.4 Å². The van der Waals surface area contributed by atoms with Crippen molar-refractivity contribution in [3.8, 4) is 0 Å². The Morgan fingerprint density at radius 1 is 1.58 bits per heavy atom. The molecule has 0 aromatic carbocycles. The lowest BCUT2D eigenvalue weighted by atomic mass is 9.89. The van der Waals surface area contributed by atoms with Crippen LogP contribution in [0.2, 0.25) is 0 Å². The van der Waals surface area contributed by atoms with E-state index in [0.717, 1.165) is 6.42 Å². The molecule has 0 amide bonds. The van der Waals surface area contributed by atoms with E-state index >= 15 is 0 Å². The predicted octanol–water partition coefficient (Wildman–Crippen LogP) is 1.84. The first kappa shape index (κ1) is 15.2. The Hall–Kier alpha value is -1.82. The second-order valence-corrected chi connectivity index (χ2v) is 5.23. The quantitative estimate of drug-likeness (QED) is 0.697. The lowest BCUT2D eigenvalue weighted by molar-refractivity contribution is 0.0697. The fourth-order valence-corrected chi connectivity index (χ4v) is 1.57. The van der Waals surface area contributed by atoms with E-state index in [9.17, 15) is 4.79 Å². The predicted molar refractivity (Wildman–Crippen MR) is 74.4 cm³/mol. The number of aromatic carboxylic acids is 1. The maximum absolute atomic E-state index is 11.1. The van der Waals surface area contributed by atoms with E-state index in [1.165, 1.54) is 12.3 Å². The number of ether oxygens (including phenoxy) is 1. The minimum absolute atomic E-state index is 0.0190. The molecule has 0 spiro atoms. The summed E-state index contributed by atoms with van der Waals surface area (Å²) in [5.74, 6) is -0.704. The molecule has 1 aromatic rings. The molecule has 106 valence electrons. The van der Waals surface area contributed by atoms with Gasteiger partial charge in [0, 0.05) is 20.3 Å². The van der Waals surface area contributed by atoms with Crippen molar-refractivity contribution in [2.45, 2.75) is 20.3 Å². The van der Waals surface area contributed by atoms with Crippen molar-refractivity contribution < 1.29 is 14.6 Å². The number of methoxy groups -OCH3 is 1. The monoisotopic (exact) mass is 267 g/mol. The summed E-state index contributed by atoms with van der Waals surface area (Å²) in [6, 6.07) is 1.40. The summed E-state index contributed by atoms with van der Waals surface area (Å²) >= 11 is 0. The summed E-state index contributed by atoms with van der Waals surface area (Å²) in [6.07, 6.45) is 2.31. The summed E-state index contributed by atoms with van der Waals surface area (Å²) in [4.78, 5) is 15.1. The number of nitrogens with one attached hydrogen (secondary N) is 1. The Morgan fingerprint density at radius 3 is 2.84 bits per heavy atom. The molecule has 0 fully saturated rings. The molecule has 1 rings (SSSR count). The molecule has 19 heavy (non-hydrogen) atoms. The van der Waals surface area contributed by atoms with Gasteiger partial charge in [0.05, 0.1) is 11.9 Å². The fourth-order valence-electron chi connectivity index (χ4n) is 1.57. The molecule has 0 aliphatic rings. The lowest BCUT2D eigenvalue weighted by Crippen LogP contribution is -2.25. The third kappa shape index (κ3) is 4.75. The molecule has 0 saturated heterocycles. The second-order valence-electron chi connectivity index (χ2n) is 5.23. The van der Waals surface area contributed by atoms with Crippen LogP contribution in [-0.4, -0.2) is 36.3 Å². The molecule has 1 aromatic heterocycles. The van der Waals surface area contributed by atoms with Crippen LogP contribution in [0.3, 0.4) is 0 Å². The van der Waals surface area contributed by atoms with Gasteiger partial charge in [-0.2, -0.15) is 0 Å². The maximum Gasteiger partial charge on any atom is 0.339 e. The van der Waals surface area contributed by atoms with E-state index in [1.54, 1.807) is 7.11 Å². The van der Waals surface area contributed by atoms with Crippen molar-refractivity contribution in [1.29, 1.82) is 0 Å². The number of anilines is 2. The zero-order chi connectivity index (χ0) is 14.5. The smallest absolute Gasteiger partial charge is 0.339 e. The van der Waals surface area contributed by atoms with Crippen LogP contribution in [0.15, 0.2) is 12.3 Å². The number of hydrogen-bond acceptors (Lipinski definition) is 5. The molecule has 1 heterocycles. The van der Waals surface area contributed by atoms with Gasteiger partial charge in [-0.3, -0.25) is 0 Å². The Morgan fingerprint density at radius 2 is 2.26 bits per heavy atom. The summed E-state index contributed by atoms with van der Waals surface area (Å²) in [6.45, 7) is 5.43. The van der Waals surface area contributed by atoms with Crippen LogP contribution in [0, 0.1) is 5.41 Å². The van der Waals surface area contributed by atoms with Crippen LogP contribution in [0.25, 0.3) is 0 Å². The molecule has 0 bridgehead atoms. The lowest BCUT2D eigenvalue weighted by Gasteiger charge is -2.25. The van der Waals surface area contributed by atoms with Crippen molar-refractivity contribution in [2.24, 2.45) is 5.41 Å². The minimum Gasteiger partial charge on any atom is -0.478 e. The molecule has 0 atom stereocenters. The van der Waals surface area contributed by atoms with Crippen molar-refractivity contribution in [3.05, 3.63) is 17.8 Å². The number of carbonyl (C=O) groups is 1. The first-order chi connectivity index (χ1) is 8.85. The van der Waals surface area contributed by atoms with Gasteiger partial charge in [0.15, 0.2) is 0 Å². The number of hydrogen-bond donors (Lipinski definition) is 3. The molecule has 4 N–H and O–H groups in total. The average molecular weight is 267 g/mol. The molecule has 6 nitrogen and oxygen atoms in total. The Kier molecular flexibility index (Phi) is 5.11. The molecule has 0 radical (unpaired) electrons. The molecule has 0 unspecified atom stereocenters. The van der Waals surface area contributed by atoms with Crippen LogP contribution >= 0.6 is 0 Å². The number of nitrogens with zero attached hydrogens (tertiary/aromatic N) is 1. The number of rotatable bonds is 7. The number of carboxylic acid groups (broad SMARTS) is 1. The first-order valence-corrected chi connectivity index (χ1v) is 6.07. The molecular formula is C13H21N3O3. The number of aromatic nitrogens is 1. The van der Waals surface area contributed by atoms with Crippen molar-refractivity contribution >= 4 is 17.5 Å². The first-order valence-electron chi connectivity index (χ1n) is 6.07. The average Bonchev–Trinajstić information content (AvgIpc) is 2.35. The van der Waals surface area contributed by atoms with E-state index in [1.807, 2.05) is 0 Å². The van der Waals surface area contributed by atoms with Crippen LogP contribution in [0.4, 0.5) is 11.5 Å². The SMILES string of the molecule is COCCC(C)(C)CNc1ncc(N)cc1C(=O)O. The van der Waals surface area contributed by atoms with Crippen molar-refractivity contribution in [2.75, 3.05) is 31.3 Å². The third-order valence-corrected chi connectivity index (χ3v) is 2.86. The minimum atomic E-state index is -1.04. The number of carboxylic acids is 1. The Balaban J connectivity index is 2.75. The second kappa shape index (κ2) is 6.38. The van der Waals surface area contributed by atoms with Crippen LogP contribution in [-0.2, 0) is 4.74 Å². The highest BCUT2D eigenvalue weighted by molar-refractivity contribution is 5.94. The normalized spacial score (nSPS) is 11.3. The van der Waals surface area contributed by atoms with Crippen LogP contribution in [0.1, 0.15) is 30.6 Å². The van der Waals surface area contributed by atoms with Crippen molar-refractivity contribution in [1.82, 2.24) is 4.98 Å². The molecule has 0 aliphatic heterocycles. The topological polar surface area (TPSA) is 97.5 Å². The van der Waals surface area contributed by atoms with Gasteiger partial charge in [0.2, 0.25) is 0 Å². The number of pyridine rings is 1. The highest BCUT2D eigenvalue weighted by Crippen LogP contribution is 2.22. The van der Waals surface area contributed by atoms with Crippen LogP contribution < -0.4 is 11.1 Å². The molecular weight excluding hydrogens is 246 g/mol.